The Labute approximate surface area is 92.5 Å². The van der Waals surface area contributed by atoms with Crippen LogP contribution in [0.4, 0.5) is 0 Å². The van der Waals surface area contributed by atoms with E-state index in [0.717, 1.165) is 32.4 Å². The lowest BCUT2D eigenvalue weighted by molar-refractivity contribution is -0.127. The predicted molar refractivity (Wildman–Crippen MR) is 62.7 cm³/mol. The minimum atomic E-state index is 0.334. The minimum absolute atomic E-state index is 0.334. The normalized spacial score (nSPS) is 19.0. The number of amides is 1. The van der Waals surface area contributed by atoms with Gasteiger partial charge < -0.3 is 4.90 Å². The van der Waals surface area contributed by atoms with E-state index in [4.69, 9.17) is 0 Å². The van der Waals surface area contributed by atoms with Crippen molar-refractivity contribution < 1.29 is 4.79 Å². The third-order valence-corrected chi connectivity index (χ3v) is 3.31. The summed E-state index contributed by atoms with van der Waals surface area (Å²) in [5.41, 5.74) is 0. The van der Waals surface area contributed by atoms with Gasteiger partial charge in [-0.3, -0.25) is 4.79 Å². The fourth-order valence-corrected chi connectivity index (χ4v) is 2.13. The third kappa shape index (κ3) is 3.91. The second kappa shape index (κ2) is 6.33. The second-order valence-electron chi connectivity index (χ2n) is 4.07. The van der Waals surface area contributed by atoms with E-state index in [1.807, 2.05) is 4.90 Å². The van der Waals surface area contributed by atoms with Gasteiger partial charge in [0.25, 0.3) is 0 Å². The fraction of sp³-hybridized carbons (Fsp3) is 0.909. The summed E-state index contributed by atoms with van der Waals surface area (Å²) in [6.07, 6.45) is 6.52. The maximum atomic E-state index is 11.3. The Morgan fingerprint density at radius 3 is 2.86 bits per heavy atom. The van der Waals surface area contributed by atoms with Crippen molar-refractivity contribution in [1.29, 1.82) is 0 Å². The Kier molecular flexibility index (Phi) is 5.38. The van der Waals surface area contributed by atoms with Gasteiger partial charge in [0.2, 0.25) is 5.91 Å². The highest BCUT2D eigenvalue weighted by atomic mass is 32.1. The summed E-state index contributed by atoms with van der Waals surface area (Å²) in [5, 5.41) is 0.475. The van der Waals surface area contributed by atoms with Crippen molar-refractivity contribution in [1.82, 2.24) is 4.90 Å². The van der Waals surface area contributed by atoms with Crippen molar-refractivity contribution in [2.75, 3.05) is 13.1 Å². The van der Waals surface area contributed by atoms with Crippen LogP contribution in [0.5, 0.6) is 0 Å². The number of thiol groups is 1. The molecular formula is C11H21NOS. The molecule has 1 fully saturated rings. The van der Waals surface area contributed by atoms with Gasteiger partial charge in [0.05, 0.1) is 0 Å². The highest BCUT2D eigenvalue weighted by Gasteiger charge is 2.19. The first-order valence-corrected chi connectivity index (χ1v) is 6.21. The van der Waals surface area contributed by atoms with Crippen LogP contribution in [0.2, 0.25) is 0 Å². The number of nitrogens with zero attached hydrogens (tertiary/aromatic N) is 1. The monoisotopic (exact) mass is 215 g/mol. The van der Waals surface area contributed by atoms with Crippen LogP contribution in [0.3, 0.4) is 0 Å². The molecule has 0 aromatic heterocycles. The van der Waals surface area contributed by atoms with Gasteiger partial charge in [0.1, 0.15) is 0 Å². The molecule has 2 nitrogen and oxygen atoms in total. The van der Waals surface area contributed by atoms with E-state index in [0.29, 0.717) is 11.2 Å². The molecule has 1 unspecified atom stereocenters. The maximum Gasteiger partial charge on any atom is 0.222 e. The SMILES string of the molecule is CCCCC(S)CCN1CCCC1=O. The number of carbonyl (C=O) groups is 1. The number of likely N-dealkylation sites (tertiary alicyclic amines) is 1. The molecule has 0 bridgehead atoms. The first-order chi connectivity index (χ1) is 6.74. The molecule has 0 saturated carbocycles. The van der Waals surface area contributed by atoms with Crippen LogP contribution < -0.4 is 0 Å². The largest absolute Gasteiger partial charge is 0.343 e. The molecule has 3 heteroatoms. The molecule has 82 valence electrons. The number of hydrogen-bond acceptors (Lipinski definition) is 2. The van der Waals surface area contributed by atoms with E-state index in [2.05, 4.69) is 19.6 Å². The average molecular weight is 215 g/mol. The first kappa shape index (κ1) is 11.9. The topological polar surface area (TPSA) is 20.3 Å². The van der Waals surface area contributed by atoms with Crippen molar-refractivity contribution in [2.45, 2.75) is 50.7 Å². The number of carbonyl (C=O) groups excluding carboxylic acids is 1. The van der Waals surface area contributed by atoms with Gasteiger partial charge in [-0.25, -0.2) is 0 Å². The summed E-state index contributed by atoms with van der Waals surface area (Å²) < 4.78 is 0. The Morgan fingerprint density at radius 2 is 2.29 bits per heavy atom. The minimum Gasteiger partial charge on any atom is -0.343 e. The smallest absolute Gasteiger partial charge is 0.222 e. The Hall–Kier alpha value is -0.180. The summed E-state index contributed by atoms with van der Waals surface area (Å²) >= 11 is 4.53. The van der Waals surface area contributed by atoms with Crippen molar-refractivity contribution in [3.05, 3.63) is 0 Å². The standard InChI is InChI=1S/C11H21NOS/c1-2-3-5-10(14)7-9-12-8-4-6-11(12)13/h10,14H,2-9H2,1H3. The van der Waals surface area contributed by atoms with Crippen molar-refractivity contribution in [2.24, 2.45) is 0 Å². The molecule has 1 heterocycles. The average Bonchev–Trinajstić information content (AvgIpc) is 2.58. The van der Waals surface area contributed by atoms with Crippen LogP contribution >= 0.6 is 12.6 Å². The molecule has 0 radical (unpaired) electrons. The zero-order valence-corrected chi connectivity index (χ0v) is 9.93. The van der Waals surface area contributed by atoms with Crippen molar-refractivity contribution >= 4 is 18.5 Å². The molecule has 14 heavy (non-hydrogen) atoms. The predicted octanol–water partition coefficient (Wildman–Crippen LogP) is 2.49. The molecule has 0 aliphatic carbocycles. The third-order valence-electron chi connectivity index (χ3n) is 2.79. The Morgan fingerprint density at radius 1 is 1.50 bits per heavy atom. The molecule has 0 spiro atoms. The molecule has 1 atom stereocenters. The van der Waals surface area contributed by atoms with Gasteiger partial charge in [-0.2, -0.15) is 12.6 Å². The zero-order valence-electron chi connectivity index (χ0n) is 9.04. The molecule has 1 aliphatic rings. The van der Waals surface area contributed by atoms with Gasteiger partial charge in [-0.1, -0.05) is 19.8 Å². The van der Waals surface area contributed by atoms with Gasteiger partial charge >= 0.3 is 0 Å². The Balaban J connectivity index is 2.10. The van der Waals surface area contributed by atoms with Crippen LogP contribution in [0.15, 0.2) is 0 Å². The molecule has 0 N–H and O–H groups in total. The Bertz CT molecular complexity index is 184. The summed E-state index contributed by atoms with van der Waals surface area (Å²) in [7, 11) is 0. The van der Waals surface area contributed by atoms with Gasteiger partial charge in [-0.15, -0.1) is 0 Å². The van der Waals surface area contributed by atoms with E-state index in [-0.39, 0.29) is 0 Å². The summed E-state index contributed by atoms with van der Waals surface area (Å²) in [4.78, 5) is 13.3. The van der Waals surface area contributed by atoms with Crippen molar-refractivity contribution in [3.8, 4) is 0 Å². The molecule has 0 aromatic carbocycles. The molecular weight excluding hydrogens is 194 g/mol. The number of rotatable bonds is 6. The first-order valence-electron chi connectivity index (χ1n) is 5.70. The summed E-state index contributed by atoms with van der Waals surface area (Å²) in [6, 6.07) is 0. The van der Waals surface area contributed by atoms with Crippen LogP contribution in [-0.4, -0.2) is 29.1 Å². The maximum absolute atomic E-state index is 11.3. The van der Waals surface area contributed by atoms with Crippen LogP contribution in [0.1, 0.15) is 45.4 Å². The summed E-state index contributed by atoms with van der Waals surface area (Å²) in [6.45, 7) is 4.08. The zero-order chi connectivity index (χ0) is 10.4. The van der Waals surface area contributed by atoms with Crippen molar-refractivity contribution in [3.63, 3.8) is 0 Å². The highest BCUT2D eigenvalue weighted by molar-refractivity contribution is 7.80. The molecule has 1 rings (SSSR count). The molecule has 1 aliphatic heterocycles. The number of hydrogen-bond donors (Lipinski definition) is 1. The highest BCUT2D eigenvalue weighted by Crippen LogP contribution is 2.15. The second-order valence-corrected chi connectivity index (χ2v) is 4.80. The molecule has 0 aromatic rings. The fourth-order valence-electron chi connectivity index (χ4n) is 1.83. The van der Waals surface area contributed by atoms with E-state index < -0.39 is 0 Å². The van der Waals surface area contributed by atoms with Crippen LogP contribution in [0.25, 0.3) is 0 Å². The van der Waals surface area contributed by atoms with Gasteiger partial charge in [-0.05, 0) is 19.3 Å². The van der Waals surface area contributed by atoms with E-state index >= 15 is 0 Å². The van der Waals surface area contributed by atoms with E-state index in [9.17, 15) is 4.79 Å². The quantitative estimate of drug-likeness (QED) is 0.675. The van der Waals surface area contributed by atoms with Crippen LogP contribution in [-0.2, 0) is 4.79 Å². The number of unbranched alkanes of at least 4 members (excludes halogenated alkanes) is 1. The van der Waals surface area contributed by atoms with Crippen LogP contribution in [0, 0.1) is 0 Å². The lowest BCUT2D eigenvalue weighted by Crippen LogP contribution is -2.27. The van der Waals surface area contributed by atoms with E-state index in [1.54, 1.807) is 0 Å². The molecule has 1 amide bonds. The lowest BCUT2D eigenvalue weighted by Gasteiger charge is -2.17. The van der Waals surface area contributed by atoms with Gasteiger partial charge in [0, 0.05) is 24.8 Å². The lowest BCUT2D eigenvalue weighted by atomic mass is 10.1. The van der Waals surface area contributed by atoms with Gasteiger partial charge in [0.15, 0.2) is 0 Å². The molecule has 1 saturated heterocycles. The summed E-state index contributed by atoms with van der Waals surface area (Å²) in [5.74, 6) is 0.334. The van der Waals surface area contributed by atoms with E-state index in [1.165, 1.54) is 19.3 Å².